The van der Waals surface area contributed by atoms with E-state index in [0.717, 1.165) is 82.0 Å². The summed E-state index contributed by atoms with van der Waals surface area (Å²) in [7, 11) is -4.70. The molecule has 6 atom stereocenters. The molecule has 7 aliphatic heterocycles. The van der Waals surface area contributed by atoms with Gasteiger partial charge in [0, 0.05) is 80.8 Å². The molecule has 1 spiro atoms. The third-order valence-electron chi connectivity index (χ3n) is 16.8. The van der Waals surface area contributed by atoms with E-state index in [1.54, 1.807) is 6.07 Å². The number of aryl methyl sites for hydroxylation is 1. The Morgan fingerprint density at radius 2 is 1.81 bits per heavy atom. The lowest BCUT2D eigenvalue weighted by Crippen LogP contribution is -2.58. The summed E-state index contributed by atoms with van der Waals surface area (Å²) in [6, 6.07) is 20.9. The molecule has 13 rings (SSSR count). The average molecular weight is 1000 g/mol. The smallest absolute Gasteiger partial charge is 0.297 e. The van der Waals surface area contributed by atoms with Crippen molar-refractivity contribution in [2.24, 2.45) is 5.41 Å². The monoisotopic (exact) mass is 1000 g/mol. The zero-order chi connectivity index (χ0) is 48.9. The number of amides is 1. The van der Waals surface area contributed by atoms with Gasteiger partial charge in [0.25, 0.3) is 21.6 Å². The lowest BCUT2D eigenvalue weighted by Gasteiger charge is -2.57. The summed E-state index contributed by atoms with van der Waals surface area (Å²) in [6.45, 7) is 9.18. The third kappa shape index (κ3) is 8.10. The summed E-state index contributed by atoms with van der Waals surface area (Å²) < 4.78 is 61.3. The number of nitrogens with one attached hydrogen (secondary N) is 3. The number of nitro benzene ring substituents is 1. The van der Waals surface area contributed by atoms with E-state index in [1.165, 1.54) is 17.2 Å². The molecule has 6 fully saturated rings. The number of anilines is 4. The van der Waals surface area contributed by atoms with Gasteiger partial charge in [0.05, 0.1) is 71.7 Å². The van der Waals surface area contributed by atoms with Crippen molar-refractivity contribution in [1.82, 2.24) is 24.5 Å². The molecule has 72 heavy (non-hydrogen) atoms. The number of nitro groups is 1. The molecule has 1 saturated carbocycles. The van der Waals surface area contributed by atoms with Gasteiger partial charge in [-0.3, -0.25) is 24.7 Å². The number of rotatable bonds is 10. The highest BCUT2D eigenvalue weighted by Gasteiger charge is 2.50. The summed E-state index contributed by atoms with van der Waals surface area (Å²) in [5.74, 6) is -0.501. The van der Waals surface area contributed by atoms with Crippen LogP contribution in [0.3, 0.4) is 0 Å². The molecule has 2 bridgehead atoms. The Hall–Kier alpha value is -6.03. The van der Waals surface area contributed by atoms with Crippen LogP contribution < -0.4 is 29.3 Å². The Labute approximate surface area is 417 Å². The summed E-state index contributed by atoms with van der Waals surface area (Å²) in [5.41, 5.74) is 5.32. The number of ether oxygens (including phenoxy) is 5. The average Bonchev–Trinajstić information content (AvgIpc) is 4.15. The number of carbonyl (C=O) groups is 1. The van der Waals surface area contributed by atoms with Gasteiger partial charge >= 0.3 is 0 Å². The lowest BCUT2D eigenvalue weighted by molar-refractivity contribution is -0.384. The number of aromatic nitrogens is 2. The number of hydrogen-bond acceptors (Lipinski definition) is 16. The Morgan fingerprint density at radius 1 is 0.958 bits per heavy atom. The van der Waals surface area contributed by atoms with Crippen LogP contribution in [-0.4, -0.2) is 148 Å². The van der Waals surface area contributed by atoms with E-state index in [4.69, 9.17) is 28.7 Å². The van der Waals surface area contributed by atoms with Crippen molar-refractivity contribution in [3.63, 3.8) is 0 Å². The fourth-order valence-electron chi connectivity index (χ4n) is 13.1. The summed E-state index contributed by atoms with van der Waals surface area (Å²) in [4.78, 5) is 43.8. The largest absolute Gasteiger partial charge is 0.489 e. The molecule has 378 valence electrons. The highest BCUT2D eigenvalue weighted by molar-refractivity contribution is 7.90. The number of carbonyl (C=O) groups excluding carboxylic acids is 1. The van der Waals surface area contributed by atoms with Crippen molar-refractivity contribution in [3.8, 4) is 11.6 Å². The van der Waals surface area contributed by atoms with Crippen LogP contribution in [0.25, 0.3) is 11.0 Å². The van der Waals surface area contributed by atoms with E-state index in [2.05, 4.69) is 65.8 Å². The first-order valence-electron chi connectivity index (χ1n) is 25.4. The van der Waals surface area contributed by atoms with Gasteiger partial charge < -0.3 is 43.8 Å². The van der Waals surface area contributed by atoms with Crippen molar-refractivity contribution >= 4 is 55.4 Å². The summed E-state index contributed by atoms with van der Waals surface area (Å²) in [6.07, 6.45) is 7.43. The number of sulfonamides is 1. The molecule has 3 N–H and O–H groups in total. The number of likely N-dealkylation sites (tertiary alicyclic amines) is 1. The van der Waals surface area contributed by atoms with Gasteiger partial charge in [-0.2, -0.15) is 4.98 Å². The van der Waals surface area contributed by atoms with Crippen molar-refractivity contribution in [2.75, 3.05) is 87.5 Å². The van der Waals surface area contributed by atoms with Crippen LogP contribution in [0.15, 0.2) is 77.8 Å². The number of benzene rings is 3. The summed E-state index contributed by atoms with van der Waals surface area (Å²) in [5, 5.41) is 16.7. The van der Waals surface area contributed by atoms with Gasteiger partial charge in [-0.25, -0.2) is 13.1 Å². The maximum atomic E-state index is 14.8. The Kier molecular flexibility index (Phi) is 11.4. The number of hydrogen-bond donors (Lipinski definition) is 3. The molecule has 0 radical (unpaired) electrons. The number of nitrogens with zero attached hydrogens (tertiary/aromatic N) is 6. The standard InChI is InChI=1S/C52H59N9O10S/c1-31-4-2-3-5-39(31)45-29-68-17-15-59(45)36-23-52(24-36)10-13-57(14-11-52)34-6-7-40(42(20-34)60-41-9-16-67-30-47(41)71-51-44(60)18-32-8-12-53-49(32)55-51)50(62)56-72(65,66)38-21-43(61(63)64)48-46(22-38)70-27-33(54-48)25-58-26-37-19-35(58)28-69-37/h2-8,12,18,20-22,33,35-37,41,45,47,54H,9-11,13-17,19,23-30H2,1H3,(H,53,55)(H,56,62)/t33-,35+,37+,41+,45+,47+/m1/s1. The van der Waals surface area contributed by atoms with E-state index in [9.17, 15) is 23.3 Å². The maximum absolute atomic E-state index is 14.8. The molecule has 9 heterocycles. The minimum Gasteiger partial charge on any atom is -0.489 e. The first-order chi connectivity index (χ1) is 35.0. The molecule has 5 aromatic rings. The van der Waals surface area contributed by atoms with E-state index in [-0.39, 0.29) is 53.3 Å². The second-order valence-corrected chi connectivity index (χ2v) is 22.8. The highest BCUT2D eigenvalue weighted by atomic mass is 32.2. The van der Waals surface area contributed by atoms with Gasteiger partial charge in [0.2, 0.25) is 5.88 Å². The SMILES string of the molecule is Cc1ccccc1[C@@H]1COCCN1C1CC2(CCN(c3ccc(C(=O)NS(=O)(=O)c4cc5c(c([N+](=O)[O-])c4)N[C@H](CN4C[C@@H]6C[C@H]4CO6)CO5)c(N4c5cc6cc[nH]c6nc5O[C@H]5COCC[C@@H]54)c3)CC2)C1. The van der Waals surface area contributed by atoms with Crippen LogP contribution in [0.1, 0.15) is 66.1 Å². The number of piperidine rings is 1. The fourth-order valence-corrected chi connectivity index (χ4v) is 14.1. The first-order valence-corrected chi connectivity index (χ1v) is 26.9. The molecular formula is C52H59N9O10S. The molecule has 5 saturated heterocycles. The number of pyridine rings is 1. The zero-order valence-electron chi connectivity index (χ0n) is 40.2. The molecular weight excluding hydrogens is 943 g/mol. The quantitative estimate of drug-likeness (QED) is 0.108. The maximum Gasteiger partial charge on any atom is 0.297 e. The minimum atomic E-state index is -4.70. The normalized spacial score (nSPS) is 27.0. The van der Waals surface area contributed by atoms with E-state index >= 15 is 0 Å². The highest BCUT2D eigenvalue weighted by Crippen LogP contribution is 2.54. The van der Waals surface area contributed by atoms with Crippen LogP contribution in [0.4, 0.5) is 28.4 Å². The molecule has 3 aromatic carbocycles. The second kappa shape index (κ2) is 17.9. The van der Waals surface area contributed by atoms with Crippen LogP contribution in [0, 0.1) is 22.5 Å². The lowest BCUT2D eigenvalue weighted by atomic mass is 9.59. The molecule has 0 unspecified atom stereocenters. The summed E-state index contributed by atoms with van der Waals surface area (Å²) >= 11 is 0. The molecule has 1 aliphatic carbocycles. The van der Waals surface area contributed by atoms with E-state index in [1.807, 2.05) is 30.5 Å². The fraction of sp³-hybridized carbons (Fsp3) is 0.500. The third-order valence-corrected chi connectivity index (χ3v) is 18.2. The number of aromatic amines is 1. The van der Waals surface area contributed by atoms with Gasteiger partial charge in [0.1, 0.15) is 24.0 Å². The Bertz CT molecular complexity index is 3060. The van der Waals surface area contributed by atoms with Gasteiger partial charge in [-0.05, 0) is 92.3 Å². The number of H-pyrrole nitrogens is 1. The number of morpholine rings is 2. The predicted molar refractivity (Wildman–Crippen MR) is 267 cm³/mol. The van der Waals surface area contributed by atoms with Crippen molar-refractivity contribution in [3.05, 3.63) is 99.7 Å². The number of fused-ring (bicyclic) bond motifs is 6. The molecule has 20 heteroatoms. The van der Waals surface area contributed by atoms with Crippen LogP contribution >= 0.6 is 0 Å². The minimum absolute atomic E-state index is 0.0249. The van der Waals surface area contributed by atoms with Crippen LogP contribution in [0.5, 0.6) is 11.6 Å². The van der Waals surface area contributed by atoms with Gasteiger partial charge in [-0.15, -0.1) is 0 Å². The first kappa shape index (κ1) is 45.8. The second-order valence-electron chi connectivity index (χ2n) is 21.1. The molecule has 8 aliphatic rings. The van der Waals surface area contributed by atoms with Gasteiger partial charge in [0.15, 0.2) is 11.4 Å². The van der Waals surface area contributed by atoms with Crippen molar-refractivity contribution < 1.29 is 41.8 Å². The Morgan fingerprint density at radius 3 is 2.61 bits per heavy atom. The van der Waals surface area contributed by atoms with Crippen molar-refractivity contribution in [2.45, 2.75) is 92.8 Å². The Balaban J connectivity index is 0.789. The van der Waals surface area contributed by atoms with Crippen LogP contribution in [-0.2, 0) is 24.2 Å². The van der Waals surface area contributed by atoms with Gasteiger partial charge in [-0.1, -0.05) is 24.3 Å². The predicted octanol–water partition coefficient (Wildman–Crippen LogP) is 6.05. The zero-order valence-corrected chi connectivity index (χ0v) is 41.0. The topological polar surface area (TPSA) is 206 Å². The molecule has 1 amide bonds. The van der Waals surface area contributed by atoms with E-state index < -0.39 is 37.5 Å². The molecule has 2 aromatic heterocycles. The van der Waals surface area contributed by atoms with E-state index in [0.29, 0.717) is 74.4 Å². The van der Waals surface area contributed by atoms with Crippen molar-refractivity contribution in [1.29, 1.82) is 0 Å². The molecule has 19 nitrogen and oxygen atoms in total. The van der Waals surface area contributed by atoms with Crippen LogP contribution in [0.2, 0.25) is 0 Å².